The molecular weight excluding hydrogens is 296 g/mol. The van der Waals surface area contributed by atoms with Gasteiger partial charge in [-0.15, -0.1) is 0 Å². The van der Waals surface area contributed by atoms with E-state index in [9.17, 15) is 20.1 Å². The van der Waals surface area contributed by atoms with Crippen LogP contribution in [0.15, 0.2) is 24.3 Å². The van der Waals surface area contributed by atoms with Gasteiger partial charge in [0.25, 0.3) is 0 Å². The van der Waals surface area contributed by atoms with Gasteiger partial charge in [-0.05, 0) is 32.1 Å². The lowest BCUT2D eigenvalue weighted by atomic mass is 10.1. The predicted octanol–water partition coefficient (Wildman–Crippen LogP) is 2.80. The Morgan fingerprint density at radius 3 is 2.26 bits per heavy atom. The Balaban J connectivity index is 3.61. The second kappa shape index (κ2) is 14.4. The number of aliphatic hydroxyl groups excluding tert-OH is 3. The first kappa shape index (κ1) is 21.8. The van der Waals surface area contributed by atoms with E-state index in [0.29, 0.717) is 12.8 Å². The van der Waals surface area contributed by atoms with Crippen molar-refractivity contribution in [3.8, 4) is 0 Å². The first-order valence-electron chi connectivity index (χ1n) is 8.56. The van der Waals surface area contributed by atoms with E-state index >= 15 is 0 Å². The molecule has 0 aliphatic rings. The number of allylic oxidation sites excluding steroid dienone is 1. The number of unbranched alkanes of at least 4 members (excludes halogenated alkanes) is 5. The molecule has 134 valence electrons. The molecule has 5 heteroatoms. The molecule has 0 bridgehead atoms. The lowest BCUT2D eigenvalue weighted by molar-refractivity contribution is -0.137. The van der Waals surface area contributed by atoms with Gasteiger partial charge in [-0.1, -0.05) is 50.5 Å². The van der Waals surface area contributed by atoms with Crippen LogP contribution in [-0.4, -0.2) is 44.7 Å². The van der Waals surface area contributed by atoms with Crippen molar-refractivity contribution in [1.82, 2.24) is 0 Å². The van der Waals surface area contributed by atoms with E-state index in [1.165, 1.54) is 12.2 Å². The van der Waals surface area contributed by atoms with Crippen molar-refractivity contribution in [2.75, 3.05) is 0 Å². The Bertz CT molecular complexity index is 351. The summed E-state index contributed by atoms with van der Waals surface area (Å²) in [7, 11) is 0. The highest BCUT2D eigenvalue weighted by molar-refractivity contribution is 5.66. The van der Waals surface area contributed by atoms with Crippen LogP contribution in [0, 0.1) is 0 Å². The van der Waals surface area contributed by atoms with Gasteiger partial charge in [0.05, 0.1) is 18.3 Å². The summed E-state index contributed by atoms with van der Waals surface area (Å²) >= 11 is 0. The van der Waals surface area contributed by atoms with Crippen molar-refractivity contribution in [1.29, 1.82) is 0 Å². The summed E-state index contributed by atoms with van der Waals surface area (Å²) in [4.78, 5) is 10.3. The highest BCUT2D eigenvalue weighted by Gasteiger charge is 2.11. The number of hydrogen-bond donors (Lipinski definition) is 4. The fourth-order valence-electron chi connectivity index (χ4n) is 2.07. The van der Waals surface area contributed by atoms with Crippen LogP contribution < -0.4 is 0 Å². The quantitative estimate of drug-likeness (QED) is 0.290. The average Bonchev–Trinajstić information content (AvgIpc) is 2.53. The maximum Gasteiger partial charge on any atom is 0.303 e. The summed E-state index contributed by atoms with van der Waals surface area (Å²) in [6, 6.07) is 0. The zero-order valence-corrected chi connectivity index (χ0v) is 14.1. The summed E-state index contributed by atoms with van der Waals surface area (Å²) in [5.74, 6) is -0.729. The normalized spacial score (nSPS) is 16.0. The van der Waals surface area contributed by atoms with Gasteiger partial charge in [0.2, 0.25) is 0 Å². The van der Waals surface area contributed by atoms with E-state index in [2.05, 4.69) is 0 Å². The number of carbonyl (C=O) groups is 1. The standard InChI is InChI=1S/C18H32O5/c1-2-15(19)13-14-17(21)16(20)11-9-7-5-3-4-6-8-10-12-18(22)23/h7,9,13-17,19-21H,2-6,8,10-12H2,1H3,(H,22,23)/b9-7+,14-13+. The van der Waals surface area contributed by atoms with Crippen LogP contribution in [0.1, 0.15) is 64.7 Å². The van der Waals surface area contributed by atoms with Crippen LogP contribution in [-0.2, 0) is 4.79 Å². The maximum absolute atomic E-state index is 10.3. The van der Waals surface area contributed by atoms with Crippen LogP contribution in [0.5, 0.6) is 0 Å². The van der Waals surface area contributed by atoms with Crippen molar-refractivity contribution in [2.45, 2.75) is 83.0 Å². The third kappa shape index (κ3) is 14.2. The minimum Gasteiger partial charge on any atom is -0.481 e. The molecule has 3 unspecified atom stereocenters. The molecule has 4 N–H and O–H groups in total. The van der Waals surface area contributed by atoms with Crippen LogP contribution in [0.4, 0.5) is 0 Å². The van der Waals surface area contributed by atoms with E-state index < -0.39 is 24.3 Å². The fraction of sp³-hybridized carbons (Fsp3) is 0.722. The predicted molar refractivity (Wildman–Crippen MR) is 91.2 cm³/mol. The van der Waals surface area contributed by atoms with E-state index in [1.807, 2.05) is 19.1 Å². The molecule has 0 aromatic carbocycles. The third-order valence-corrected chi connectivity index (χ3v) is 3.65. The lowest BCUT2D eigenvalue weighted by Gasteiger charge is -2.12. The van der Waals surface area contributed by atoms with Crippen LogP contribution in [0.3, 0.4) is 0 Å². The second-order valence-corrected chi connectivity index (χ2v) is 5.83. The van der Waals surface area contributed by atoms with Crippen molar-refractivity contribution < 1.29 is 25.2 Å². The number of rotatable bonds is 14. The van der Waals surface area contributed by atoms with Gasteiger partial charge in [-0.2, -0.15) is 0 Å². The SMILES string of the molecule is CCC(O)/C=C/C(O)C(O)C/C=C/CCCCCCCC(=O)O. The van der Waals surface area contributed by atoms with Gasteiger partial charge < -0.3 is 20.4 Å². The highest BCUT2D eigenvalue weighted by Crippen LogP contribution is 2.09. The number of hydrogen-bond acceptors (Lipinski definition) is 4. The molecule has 0 radical (unpaired) electrons. The monoisotopic (exact) mass is 328 g/mol. The van der Waals surface area contributed by atoms with E-state index in [1.54, 1.807) is 0 Å². The number of carboxylic acids is 1. The number of carboxylic acid groups (broad SMARTS) is 1. The van der Waals surface area contributed by atoms with Crippen molar-refractivity contribution >= 4 is 5.97 Å². The Hall–Kier alpha value is -1.17. The lowest BCUT2D eigenvalue weighted by Crippen LogP contribution is -2.23. The molecule has 3 atom stereocenters. The summed E-state index contributed by atoms with van der Waals surface area (Å²) < 4.78 is 0. The summed E-state index contributed by atoms with van der Waals surface area (Å²) in [5.41, 5.74) is 0. The zero-order valence-electron chi connectivity index (χ0n) is 14.1. The molecule has 0 aromatic rings. The average molecular weight is 328 g/mol. The molecule has 0 aliphatic carbocycles. The van der Waals surface area contributed by atoms with Gasteiger partial charge in [-0.3, -0.25) is 4.79 Å². The van der Waals surface area contributed by atoms with Crippen molar-refractivity contribution in [2.24, 2.45) is 0 Å². The van der Waals surface area contributed by atoms with Crippen molar-refractivity contribution in [3.63, 3.8) is 0 Å². The third-order valence-electron chi connectivity index (χ3n) is 3.65. The Morgan fingerprint density at radius 2 is 1.61 bits per heavy atom. The zero-order chi connectivity index (χ0) is 17.5. The topological polar surface area (TPSA) is 98.0 Å². The molecule has 0 amide bonds. The van der Waals surface area contributed by atoms with E-state index in [0.717, 1.165) is 38.5 Å². The second-order valence-electron chi connectivity index (χ2n) is 5.83. The summed E-state index contributed by atoms with van der Waals surface area (Å²) in [6.07, 6.45) is 11.4. The van der Waals surface area contributed by atoms with E-state index in [-0.39, 0.29) is 6.42 Å². The molecule has 5 nitrogen and oxygen atoms in total. The molecule has 0 saturated heterocycles. The maximum atomic E-state index is 10.3. The molecule has 0 heterocycles. The largest absolute Gasteiger partial charge is 0.481 e. The molecule has 0 fully saturated rings. The molecule has 0 aliphatic heterocycles. The molecule has 0 rings (SSSR count). The Kier molecular flexibility index (Phi) is 13.7. The minimum absolute atomic E-state index is 0.254. The molecule has 0 saturated carbocycles. The Morgan fingerprint density at radius 1 is 0.957 bits per heavy atom. The summed E-state index contributed by atoms with van der Waals surface area (Å²) in [6.45, 7) is 1.84. The smallest absolute Gasteiger partial charge is 0.303 e. The number of aliphatic hydroxyl groups is 3. The fourth-order valence-corrected chi connectivity index (χ4v) is 2.07. The minimum atomic E-state index is -0.963. The first-order chi connectivity index (χ1) is 11.0. The van der Waals surface area contributed by atoms with Gasteiger partial charge in [-0.25, -0.2) is 0 Å². The highest BCUT2D eigenvalue weighted by atomic mass is 16.4. The Labute approximate surface area is 139 Å². The van der Waals surface area contributed by atoms with Crippen LogP contribution in [0.2, 0.25) is 0 Å². The van der Waals surface area contributed by atoms with Crippen LogP contribution in [0.25, 0.3) is 0 Å². The van der Waals surface area contributed by atoms with Crippen molar-refractivity contribution in [3.05, 3.63) is 24.3 Å². The molecule has 23 heavy (non-hydrogen) atoms. The van der Waals surface area contributed by atoms with E-state index in [4.69, 9.17) is 5.11 Å². The summed E-state index contributed by atoms with van der Waals surface area (Å²) in [5, 5.41) is 37.3. The van der Waals surface area contributed by atoms with Gasteiger partial charge in [0.15, 0.2) is 0 Å². The van der Waals surface area contributed by atoms with Gasteiger partial charge in [0, 0.05) is 6.42 Å². The molecule has 0 spiro atoms. The van der Waals surface area contributed by atoms with Gasteiger partial charge in [0.1, 0.15) is 0 Å². The number of aliphatic carboxylic acids is 1. The van der Waals surface area contributed by atoms with Crippen LogP contribution >= 0.6 is 0 Å². The molecule has 0 aromatic heterocycles. The van der Waals surface area contributed by atoms with Gasteiger partial charge >= 0.3 is 5.97 Å². The first-order valence-corrected chi connectivity index (χ1v) is 8.56. The molecular formula is C18H32O5.